The molecular weight excluding hydrogens is 374 g/mol. The number of nitrogens with zero attached hydrogens (tertiary/aromatic N) is 1. The molecule has 2 N–H and O–H groups in total. The van der Waals surface area contributed by atoms with Crippen LogP contribution in [0.3, 0.4) is 0 Å². The van der Waals surface area contributed by atoms with Crippen molar-refractivity contribution < 1.29 is 14.2 Å². The molecule has 4 rings (SSSR count). The standard InChI is InChI=1S/C21H25N3O3S/c28-21(22-11-17-6-7-19-20(10-17)27-15-26-19)23-12-18-14-24(8-9-25-18)13-16-4-2-1-3-5-16/h1-7,10,18H,8-9,11-15H2,(H2,22,23,28)/t18-/m0/s1. The highest BCUT2D eigenvalue weighted by atomic mass is 32.1. The lowest BCUT2D eigenvalue weighted by Crippen LogP contribution is -2.48. The Labute approximate surface area is 170 Å². The van der Waals surface area contributed by atoms with Crippen molar-refractivity contribution in [1.82, 2.24) is 15.5 Å². The lowest BCUT2D eigenvalue weighted by Gasteiger charge is -2.33. The lowest BCUT2D eigenvalue weighted by molar-refractivity contribution is -0.0280. The second kappa shape index (κ2) is 9.23. The van der Waals surface area contributed by atoms with Crippen molar-refractivity contribution in [3.05, 3.63) is 59.7 Å². The largest absolute Gasteiger partial charge is 0.454 e. The van der Waals surface area contributed by atoms with E-state index in [0.717, 1.165) is 43.3 Å². The van der Waals surface area contributed by atoms with Crippen molar-refractivity contribution in [2.75, 3.05) is 33.0 Å². The Balaban J connectivity index is 1.19. The number of hydrogen-bond donors (Lipinski definition) is 2. The summed E-state index contributed by atoms with van der Waals surface area (Å²) >= 11 is 5.41. The molecule has 2 aromatic carbocycles. The average Bonchev–Trinajstić information content (AvgIpc) is 3.20. The van der Waals surface area contributed by atoms with Crippen molar-refractivity contribution in [3.8, 4) is 11.5 Å². The molecule has 0 amide bonds. The summed E-state index contributed by atoms with van der Waals surface area (Å²) in [5.41, 5.74) is 2.42. The van der Waals surface area contributed by atoms with E-state index in [1.807, 2.05) is 24.3 Å². The number of benzene rings is 2. The normalized spacial score (nSPS) is 18.6. The molecule has 0 bridgehead atoms. The maximum atomic E-state index is 5.89. The number of nitrogens with one attached hydrogen (secondary N) is 2. The maximum absolute atomic E-state index is 5.89. The van der Waals surface area contributed by atoms with Crippen molar-refractivity contribution >= 4 is 17.3 Å². The van der Waals surface area contributed by atoms with Gasteiger partial charge in [0.15, 0.2) is 16.6 Å². The van der Waals surface area contributed by atoms with Gasteiger partial charge in [-0.15, -0.1) is 0 Å². The molecule has 0 saturated carbocycles. The average molecular weight is 400 g/mol. The predicted octanol–water partition coefficient (Wildman–Crippen LogP) is 2.28. The molecule has 1 fully saturated rings. The fourth-order valence-electron chi connectivity index (χ4n) is 3.39. The summed E-state index contributed by atoms with van der Waals surface area (Å²) in [6.07, 6.45) is 0.128. The van der Waals surface area contributed by atoms with E-state index in [9.17, 15) is 0 Å². The van der Waals surface area contributed by atoms with Gasteiger partial charge in [0.1, 0.15) is 0 Å². The zero-order chi connectivity index (χ0) is 19.2. The summed E-state index contributed by atoms with van der Waals surface area (Å²) in [6, 6.07) is 16.5. The van der Waals surface area contributed by atoms with Crippen LogP contribution in [0.25, 0.3) is 0 Å². The second-order valence-electron chi connectivity index (χ2n) is 6.96. The van der Waals surface area contributed by atoms with Crippen LogP contribution in [0.1, 0.15) is 11.1 Å². The Kier molecular flexibility index (Phi) is 6.26. The van der Waals surface area contributed by atoms with E-state index in [4.69, 9.17) is 26.4 Å². The van der Waals surface area contributed by atoms with Crippen molar-refractivity contribution in [2.24, 2.45) is 0 Å². The van der Waals surface area contributed by atoms with Gasteiger partial charge < -0.3 is 24.8 Å². The van der Waals surface area contributed by atoms with Gasteiger partial charge in [-0.3, -0.25) is 4.90 Å². The maximum Gasteiger partial charge on any atom is 0.231 e. The molecule has 28 heavy (non-hydrogen) atoms. The minimum Gasteiger partial charge on any atom is -0.454 e. The minimum atomic E-state index is 0.128. The van der Waals surface area contributed by atoms with Crippen LogP contribution in [-0.2, 0) is 17.8 Å². The summed E-state index contributed by atoms with van der Waals surface area (Å²) in [5.74, 6) is 1.58. The quantitative estimate of drug-likeness (QED) is 0.723. The summed E-state index contributed by atoms with van der Waals surface area (Å²) < 4.78 is 16.6. The number of thiocarbonyl (C=S) groups is 1. The van der Waals surface area contributed by atoms with Crippen molar-refractivity contribution in [3.63, 3.8) is 0 Å². The van der Waals surface area contributed by atoms with Gasteiger partial charge in [0.25, 0.3) is 0 Å². The highest BCUT2D eigenvalue weighted by Crippen LogP contribution is 2.32. The minimum absolute atomic E-state index is 0.128. The van der Waals surface area contributed by atoms with Crippen LogP contribution in [0.15, 0.2) is 48.5 Å². The van der Waals surface area contributed by atoms with Crippen LogP contribution in [-0.4, -0.2) is 49.2 Å². The molecule has 2 aromatic rings. The summed E-state index contributed by atoms with van der Waals surface area (Å²) in [4.78, 5) is 2.42. The van der Waals surface area contributed by atoms with Crippen LogP contribution >= 0.6 is 12.2 Å². The first-order valence-electron chi connectivity index (χ1n) is 9.54. The molecule has 2 heterocycles. The third-order valence-corrected chi connectivity index (χ3v) is 5.14. The first-order chi connectivity index (χ1) is 13.8. The smallest absolute Gasteiger partial charge is 0.231 e. The van der Waals surface area contributed by atoms with Gasteiger partial charge in [0.05, 0.1) is 12.7 Å². The Hall–Kier alpha value is -2.35. The van der Waals surface area contributed by atoms with Gasteiger partial charge in [-0.25, -0.2) is 0 Å². The van der Waals surface area contributed by atoms with Crippen LogP contribution in [0.4, 0.5) is 0 Å². The van der Waals surface area contributed by atoms with Crippen molar-refractivity contribution in [2.45, 2.75) is 19.2 Å². The van der Waals surface area contributed by atoms with Gasteiger partial charge in [-0.2, -0.15) is 0 Å². The molecule has 0 radical (unpaired) electrons. The van der Waals surface area contributed by atoms with Gasteiger partial charge in [-0.05, 0) is 35.5 Å². The molecule has 2 aliphatic rings. The zero-order valence-corrected chi connectivity index (χ0v) is 16.5. The molecule has 0 unspecified atom stereocenters. The highest BCUT2D eigenvalue weighted by molar-refractivity contribution is 7.80. The Morgan fingerprint density at radius 3 is 2.79 bits per heavy atom. The highest BCUT2D eigenvalue weighted by Gasteiger charge is 2.20. The number of rotatable bonds is 6. The van der Waals surface area contributed by atoms with Crippen LogP contribution < -0.4 is 20.1 Å². The topological polar surface area (TPSA) is 55.0 Å². The molecule has 0 aliphatic carbocycles. The van der Waals surface area contributed by atoms with Crippen LogP contribution in [0.2, 0.25) is 0 Å². The molecule has 2 aliphatic heterocycles. The van der Waals surface area contributed by atoms with Crippen LogP contribution in [0.5, 0.6) is 11.5 Å². The van der Waals surface area contributed by atoms with Gasteiger partial charge in [0.2, 0.25) is 6.79 Å². The number of morpholine rings is 1. The van der Waals surface area contributed by atoms with E-state index in [-0.39, 0.29) is 12.9 Å². The van der Waals surface area contributed by atoms with E-state index < -0.39 is 0 Å². The molecule has 0 aromatic heterocycles. The Morgan fingerprint density at radius 1 is 1.04 bits per heavy atom. The van der Waals surface area contributed by atoms with Crippen LogP contribution in [0, 0.1) is 0 Å². The van der Waals surface area contributed by atoms with E-state index in [1.165, 1.54) is 5.56 Å². The van der Waals surface area contributed by atoms with Gasteiger partial charge in [0, 0.05) is 32.7 Å². The monoisotopic (exact) mass is 399 g/mol. The summed E-state index contributed by atoms with van der Waals surface area (Å²) in [6.45, 7) is 5.16. The number of hydrogen-bond acceptors (Lipinski definition) is 5. The molecular formula is C21H25N3O3S. The van der Waals surface area contributed by atoms with E-state index in [2.05, 4.69) is 39.8 Å². The van der Waals surface area contributed by atoms with E-state index >= 15 is 0 Å². The number of ether oxygens (including phenoxy) is 3. The first-order valence-corrected chi connectivity index (χ1v) is 9.95. The molecule has 1 saturated heterocycles. The Morgan fingerprint density at radius 2 is 1.89 bits per heavy atom. The molecule has 148 valence electrons. The van der Waals surface area contributed by atoms with E-state index in [1.54, 1.807) is 0 Å². The summed E-state index contributed by atoms with van der Waals surface area (Å²) in [5, 5.41) is 7.13. The predicted molar refractivity (Wildman–Crippen MR) is 111 cm³/mol. The molecule has 1 atom stereocenters. The first kappa shape index (κ1) is 19.0. The fraction of sp³-hybridized carbons (Fsp3) is 0.381. The third kappa shape index (κ3) is 5.13. The Bertz CT molecular complexity index is 803. The molecule has 0 spiro atoms. The van der Waals surface area contributed by atoms with Gasteiger partial charge in [-0.1, -0.05) is 36.4 Å². The number of fused-ring (bicyclic) bond motifs is 1. The molecule has 6 nitrogen and oxygen atoms in total. The van der Waals surface area contributed by atoms with Crippen molar-refractivity contribution in [1.29, 1.82) is 0 Å². The fourth-order valence-corrected chi connectivity index (χ4v) is 3.55. The zero-order valence-electron chi connectivity index (χ0n) is 15.7. The lowest BCUT2D eigenvalue weighted by atomic mass is 10.2. The van der Waals surface area contributed by atoms with Gasteiger partial charge >= 0.3 is 0 Å². The summed E-state index contributed by atoms with van der Waals surface area (Å²) in [7, 11) is 0. The second-order valence-corrected chi connectivity index (χ2v) is 7.37. The van der Waals surface area contributed by atoms with E-state index in [0.29, 0.717) is 18.2 Å². The molecule has 7 heteroatoms. The third-order valence-electron chi connectivity index (χ3n) is 4.85. The SMILES string of the molecule is S=C(NCc1ccc2c(c1)OCO2)NC[C@H]1CN(Cc2ccccc2)CCO1.